The Morgan fingerprint density at radius 2 is 2.05 bits per heavy atom. The second-order valence-corrected chi connectivity index (χ2v) is 4.70. The number of carbonyl (C=O) groups excluding carboxylic acids is 1. The summed E-state index contributed by atoms with van der Waals surface area (Å²) >= 11 is 0. The third kappa shape index (κ3) is 2.45. The molecule has 0 amide bonds. The number of aromatic nitrogens is 2. The third-order valence-corrected chi connectivity index (χ3v) is 3.18. The normalized spacial score (nSPS) is 15.9. The fraction of sp³-hybridized carbons (Fsp3) is 0.286. The minimum atomic E-state index is -0.485. The Morgan fingerprint density at radius 1 is 1.25 bits per heavy atom. The molecule has 0 bridgehead atoms. The minimum absolute atomic E-state index is 0.467. The third-order valence-electron chi connectivity index (χ3n) is 3.18. The summed E-state index contributed by atoms with van der Waals surface area (Å²) in [7, 11) is 0. The van der Waals surface area contributed by atoms with E-state index in [0.717, 1.165) is 24.1 Å². The number of hydrogen-bond acceptors (Lipinski definition) is 6. The number of aryl methyl sites for hydroxylation is 2. The molecule has 1 aliphatic carbocycles. The summed E-state index contributed by atoms with van der Waals surface area (Å²) in [4.78, 5) is 16.8. The Hall–Kier alpha value is -2.50. The van der Waals surface area contributed by atoms with Gasteiger partial charge in [-0.25, -0.2) is 9.42 Å². The van der Waals surface area contributed by atoms with Gasteiger partial charge in [0.25, 0.3) is 0 Å². The Balaban J connectivity index is 1.75. The van der Waals surface area contributed by atoms with Crippen LogP contribution >= 0.6 is 0 Å². The van der Waals surface area contributed by atoms with E-state index in [1.54, 1.807) is 12.1 Å². The van der Waals surface area contributed by atoms with Gasteiger partial charge in [0.15, 0.2) is 5.69 Å². The van der Waals surface area contributed by atoms with Gasteiger partial charge in [0.2, 0.25) is 0 Å². The van der Waals surface area contributed by atoms with E-state index in [0.29, 0.717) is 23.4 Å². The van der Waals surface area contributed by atoms with Crippen molar-refractivity contribution >= 4 is 11.7 Å². The first kappa shape index (κ1) is 12.5. The van der Waals surface area contributed by atoms with Crippen molar-refractivity contribution in [1.82, 2.24) is 10.3 Å². The van der Waals surface area contributed by atoms with E-state index < -0.39 is 5.97 Å². The number of nitrogens with zero attached hydrogens (tertiary/aromatic N) is 3. The lowest BCUT2D eigenvalue weighted by molar-refractivity contribution is 0.0515. The molecule has 1 heterocycles. The summed E-state index contributed by atoms with van der Waals surface area (Å²) in [5.74, 6) is -0.485. The van der Waals surface area contributed by atoms with Crippen LogP contribution < -0.4 is 0 Å². The molecule has 1 aromatic carbocycles. The average Bonchev–Trinajstić information content (AvgIpc) is 2.94. The Morgan fingerprint density at radius 3 is 2.85 bits per heavy atom. The fourth-order valence-corrected chi connectivity index (χ4v) is 2.06. The van der Waals surface area contributed by atoms with Gasteiger partial charge < -0.3 is 4.84 Å². The van der Waals surface area contributed by atoms with E-state index in [4.69, 9.17) is 4.84 Å². The molecule has 0 spiro atoms. The zero-order chi connectivity index (χ0) is 13.9. The van der Waals surface area contributed by atoms with Crippen LogP contribution in [-0.2, 0) is 11.3 Å². The molecule has 0 saturated carbocycles. The van der Waals surface area contributed by atoms with Crippen molar-refractivity contribution in [2.24, 2.45) is 5.16 Å². The Bertz CT molecular complexity index is 659. The number of oxime groups is 1. The van der Waals surface area contributed by atoms with Crippen molar-refractivity contribution < 1.29 is 14.3 Å². The molecule has 0 fully saturated rings. The standard InChI is InChI=1S/C14H13N3O3/c1-9-5-7-10(8-6-9)14(18)19-15-11-3-2-4-12-13(11)17-20-16-12/h5-8H,2-4H2,1H3/b15-11+. The summed E-state index contributed by atoms with van der Waals surface area (Å²) in [5, 5.41) is 11.5. The van der Waals surface area contributed by atoms with Gasteiger partial charge >= 0.3 is 5.97 Å². The average molecular weight is 271 g/mol. The predicted molar refractivity (Wildman–Crippen MR) is 70.4 cm³/mol. The lowest BCUT2D eigenvalue weighted by Gasteiger charge is -2.08. The van der Waals surface area contributed by atoms with Crippen molar-refractivity contribution in [3.05, 3.63) is 46.8 Å². The summed E-state index contributed by atoms with van der Waals surface area (Å²) < 4.78 is 4.68. The molecular formula is C14H13N3O3. The number of fused-ring (bicyclic) bond motifs is 1. The van der Waals surface area contributed by atoms with Gasteiger partial charge in [-0.2, -0.15) is 0 Å². The number of benzene rings is 1. The molecule has 0 radical (unpaired) electrons. The van der Waals surface area contributed by atoms with Gasteiger partial charge in [-0.1, -0.05) is 28.0 Å². The molecular weight excluding hydrogens is 258 g/mol. The van der Waals surface area contributed by atoms with Crippen molar-refractivity contribution in [2.75, 3.05) is 0 Å². The Labute approximate surface area is 115 Å². The molecule has 2 aromatic rings. The summed E-state index contributed by atoms with van der Waals surface area (Å²) in [6, 6.07) is 7.12. The highest BCUT2D eigenvalue weighted by atomic mass is 16.7. The lowest BCUT2D eigenvalue weighted by atomic mass is 9.99. The monoisotopic (exact) mass is 271 g/mol. The highest BCUT2D eigenvalue weighted by molar-refractivity contribution is 6.00. The molecule has 1 aliphatic rings. The lowest BCUT2D eigenvalue weighted by Crippen LogP contribution is -2.13. The van der Waals surface area contributed by atoms with E-state index in [9.17, 15) is 4.79 Å². The van der Waals surface area contributed by atoms with E-state index in [1.165, 1.54) is 0 Å². The van der Waals surface area contributed by atoms with Crippen molar-refractivity contribution in [1.29, 1.82) is 0 Å². The van der Waals surface area contributed by atoms with Crippen LogP contribution in [0.4, 0.5) is 0 Å². The van der Waals surface area contributed by atoms with Crippen LogP contribution in [0.2, 0.25) is 0 Å². The van der Waals surface area contributed by atoms with E-state index in [1.807, 2.05) is 19.1 Å². The number of carbonyl (C=O) groups is 1. The smallest absolute Gasteiger partial charge is 0.312 e. The molecule has 102 valence electrons. The van der Waals surface area contributed by atoms with Gasteiger partial charge in [0.1, 0.15) is 11.4 Å². The molecule has 0 aliphatic heterocycles. The quantitative estimate of drug-likeness (QED) is 0.618. The second kappa shape index (κ2) is 5.24. The van der Waals surface area contributed by atoms with Crippen LogP contribution in [-0.4, -0.2) is 22.0 Å². The maximum atomic E-state index is 11.9. The predicted octanol–water partition coefficient (Wildman–Crippen LogP) is 2.28. The van der Waals surface area contributed by atoms with Gasteiger partial charge in [0.05, 0.1) is 5.56 Å². The highest BCUT2D eigenvalue weighted by Gasteiger charge is 2.22. The highest BCUT2D eigenvalue weighted by Crippen LogP contribution is 2.18. The molecule has 3 rings (SSSR count). The fourth-order valence-electron chi connectivity index (χ4n) is 2.06. The minimum Gasteiger partial charge on any atom is -0.312 e. The molecule has 0 unspecified atom stereocenters. The molecule has 0 atom stereocenters. The van der Waals surface area contributed by atoms with Crippen molar-refractivity contribution in [3.63, 3.8) is 0 Å². The largest absolute Gasteiger partial charge is 0.365 e. The van der Waals surface area contributed by atoms with Gasteiger partial charge in [-0.05, 0) is 43.5 Å². The van der Waals surface area contributed by atoms with Crippen LogP contribution in [0.5, 0.6) is 0 Å². The van der Waals surface area contributed by atoms with Crippen LogP contribution in [0.25, 0.3) is 0 Å². The SMILES string of the molecule is Cc1ccc(C(=O)O/N=C2\CCCc3nonc32)cc1. The summed E-state index contributed by atoms with van der Waals surface area (Å²) in [6.45, 7) is 1.95. The Kier molecular flexibility index (Phi) is 3.28. The van der Waals surface area contributed by atoms with Gasteiger partial charge in [-0.3, -0.25) is 0 Å². The van der Waals surface area contributed by atoms with Crippen molar-refractivity contribution in [3.8, 4) is 0 Å². The second-order valence-electron chi connectivity index (χ2n) is 4.70. The van der Waals surface area contributed by atoms with E-state index >= 15 is 0 Å². The molecule has 6 nitrogen and oxygen atoms in total. The van der Waals surface area contributed by atoms with Gasteiger partial charge in [0, 0.05) is 0 Å². The molecule has 0 N–H and O–H groups in total. The van der Waals surface area contributed by atoms with Crippen LogP contribution in [0.3, 0.4) is 0 Å². The number of hydrogen-bond donors (Lipinski definition) is 0. The summed E-state index contributed by atoms with van der Waals surface area (Å²) in [6.07, 6.45) is 2.40. The first-order chi connectivity index (χ1) is 9.74. The van der Waals surface area contributed by atoms with Crippen LogP contribution in [0, 0.1) is 6.92 Å². The maximum absolute atomic E-state index is 11.9. The van der Waals surface area contributed by atoms with Crippen LogP contribution in [0.1, 0.15) is 40.2 Å². The molecule has 6 heteroatoms. The zero-order valence-electron chi connectivity index (χ0n) is 11.0. The zero-order valence-corrected chi connectivity index (χ0v) is 11.0. The molecule has 0 saturated heterocycles. The van der Waals surface area contributed by atoms with Crippen molar-refractivity contribution in [2.45, 2.75) is 26.2 Å². The van der Waals surface area contributed by atoms with Crippen LogP contribution in [0.15, 0.2) is 34.1 Å². The first-order valence-corrected chi connectivity index (χ1v) is 6.41. The maximum Gasteiger partial charge on any atom is 0.365 e. The summed E-state index contributed by atoms with van der Waals surface area (Å²) in [5.41, 5.74) is 3.51. The van der Waals surface area contributed by atoms with E-state index in [-0.39, 0.29) is 0 Å². The molecule has 20 heavy (non-hydrogen) atoms. The first-order valence-electron chi connectivity index (χ1n) is 6.41. The topological polar surface area (TPSA) is 77.6 Å². The van der Waals surface area contributed by atoms with Gasteiger partial charge in [-0.15, -0.1) is 0 Å². The molecule has 1 aromatic heterocycles. The number of rotatable bonds is 2. The van der Waals surface area contributed by atoms with E-state index in [2.05, 4.69) is 20.1 Å².